The number of quaternary nitrogens is 2. The molecule has 0 saturated heterocycles. The highest BCUT2D eigenvalue weighted by Crippen LogP contribution is 2.03. The first-order valence-electron chi connectivity index (χ1n) is 3.63. The third kappa shape index (κ3) is 3.07. The summed E-state index contributed by atoms with van der Waals surface area (Å²) in [5, 5.41) is 35.7. The fraction of sp³-hybridized carbons (Fsp3) is 0.143. The fourth-order valence-electron chi connectivity index (χ4n) is 0.940. The Morgan fingerprint density at radius 3 is 2.00 bits per heavy atom. The van der Waals surface area contributed by atoms with Crippen LogP contribution in [0, 0.1) is 10.4 Å². The van der Waals surface area contributed by atoms with E-state index in [1.807, 2.05) is 0 Å². The zero-order valence-electron chi connectivity index (χ0n) is 6.73. The van der Waals surface area contributed by atoms with Gasteiger partial charge in [-0.05, 0) is 12.1 Å². The number of hydroxylamine groups is 2. The molecule has 0 aromatic heterocycles. The molecule has 0 aliphatic carbocycles. The molecule has 1 aromatic rings. The number of nitrogens with one attached hydrogen (secondary N) is 2. The summed E-state index contributed by atoms with van der Waals surface area (Å²) in [4.78, 5) is 0. The monoisotopic (exact) mass is 186 g/mol. The summed E-state index contributed by atoms with van der Waals surface area (Å²) in [6, 6.07) is 5.77. The van der Waals surface area contributed by atoms with E-state index in [9.17, 15) is 10.4 Å². The van der Waals surface area contributed by atoms with Crippen LogP contribution in [0.3, 0.4) is 0 Å². The second-order valence-corrected chi connectivity index (χ2v) is 2.57. The van der Waals surface area contributed by atoms with Gasteiger partial charge in [-0.15, -0.1) is 0 Å². The highest BCUT2D eigenvalue weighted by molar-refractivity contribution is 5.31. The Labute approximate surface area is 74.3 Å². The Balaban J connectivity index is 2.70. The molecule has 0 fully saturated rings. The Kier molecular flexibility index (Phi) is 3.32. The van der Waals surface area contributed by atoms with Crippen molar-refractivity contribution in [1.82, 2.24) is 0 Å². The fourth-order valence-corrected chi connectivity index (χ4v) is 0.940. The van der Waals surface area contributed by atoms with Crippen molar-refractivity contribution >= 4 is 5.69 Å². The SMILES string of the molecule is [O-][NH+](O)Cc1ccc([NH+]([O-])O)cc1. The van der Waals surface area contributed by atoms with Gasteiger partial charge in [-0.3, -0.25) is 0 Å². The molecule has 4 N–H and O–H groups in total. The zero-order valence-corrected chi connectivity index (χ0v) is 6.73. The van der Waals surface area contributed by atoms with E-state index in [2.05, 4.69) is 0 Å². The molecule has 13 heavy (non-hydrogen) atoms. The summed E-state index contributed by atoms with van der Waals surface area (Å²) >= 11 is 0. The van der Waals surface area contributed by atoms with Gasteiger partial charge in [-0.1, -0.05) is 0 Å². The first-order chi connectivity index (χ1) is 6.09. The van der Waals surface area contributed by atoms with Gasteiger partial charge in [0.1, 0.15) is 6.54 Å². The molecule has 0 amide bonds. The van der Waals surface area contributed by atoms with Crippen LogP contribution >= 0.6 is 0 Å². The highest BCUT2D eigenvalue weighted by Gasteiger charge is 2.01. The highest BCUT2D eigenvalue weighted by atomic mass is 16.8. The van der Waals surface area contributed by atoms with Crippen molar-refractivity contribution in [3.63, 3.8) is 0 Å². The predicted molar refractivity (Wildman–Crippen MR) is 42.0 cm³/mol. The maximum Gasteiger partial charge on any atom is 0.163 e. The lowest BCUT2D eigenvalue weighted by molar-refractivity contribution is -1.06. The molecule has 2 unspecified atom stereocenters. The zero-order chi connectivity index (χ0) is 9.84. The second-order valence-electron chi connectivity index (χ2n) is 2.57. The van der Waals surface area contributed by atoms with Crippen LogP contribution in [0.4, 0.5) is 5.69 Å². The molecule has 0 bridgehead atoms. The molecule has 0 heterocycles. The summed E-state index contributed by atoms with van der Waals surface area (Å²) < 4.78 is 0. The molecule has 0 aliphatic heterocycles. The van der Waals surface area contributed by atoms with Crippen LogP contribution < -0.4 is 10.5 Å². The molecule has 1 aromatic carbocycles. The van der Waals surface area contributed by atoms with Crippen LogP contribution in [0.1, 0.15) is 5.56 Å². The van der Waals surface area contributed by atoms with Crippen LogP contribution in [-0.2, 0) is 6.54 Å². The largest absolute Gasteiger partial charge is 0.600 e. The van der Waals surface area contributed by atoms with Crippen LogP contribution in [0.15, 0.2) is 24.3 Å². The normalized spacial score (nSPS) is 15.4. The topological polar surface area (TPSA) is 95.5 Å². The van der Waals surface area contributed by atoms with Gasteiger partial charge in [0.25, 0.3) is 0 Å². The van der Waals surface area contributed by atoms with Gasteiger partial charge in [0.15, 0.2) is 5.69 Å². The van der Waals surface area contributed by atoms with Crippen molar-refractivity contribution in [2.24, 2.45) is 0 Å². The van der Waals surface area contributed by atoms with E-state index in [0.717, 1.165) is 0 Å². The molecule has 2 atom stereocenters. The first kappa shape index (κ1) is 10.1. The maximum absolute atomic E-state index is 10.4. The minimum absolute atomic E-state index is 0.0834. The minimum atomic E-state index is -1.01. The van der Waals surface area contributed by atoms with Crippen LogP contribution in [0.25, 0.3) is 0 Å². The smallest absolute Gasteiger partial charge is 0.163 e. The third-order valence-electron chi connectivity index (χ3n) is 1.56. The van der Waals surface area contributed by atoms with Gasteiger partial charge >= 0.3 is 0 Å². The Morgan fingerprint density at radius 2 is 1.62 bits per heavy atom. The van der Waals surface area contributed by atoms with E-state index < -0.39 is 10.5 Å². The number of rotatable bonds is 3. The Bertz CT molecular complexity index is 260. The Hall–Kier alpha value is -1.02. The van der Waals surface area contributed by atoms with Crippen LogP contribution in [-0.4, -0.2) is 10.4 Å². The predicted octanol–water partition coefficient (Wildman–Crippen LogP) is -1.64. The van der Waals surface area contributed by atoms with Gasteiger partial charge in [-0.25, -0.2) is 15.6 Å². The quantitative estimate of drug-likeness (QED) is 0.426. The van der Waals surface area contributed by atoms with Gasteiger partial charge in [0.2, 0.25) is 0 Å². The molecular weight excluding hydrogens is 176 g/mol. The van der Waals surface area contributed by atoms with E-state index in [0.29, 0.717) is 5.56 Å². The Morgan fingerprint density at radius 1 is 1.08 bits per heavy atom. The standard InChI is InChI=1S/C7H10N2O4/c10-8(11)5-6-1-3-7(4-2-6)9(12)13/h1-4,8-10,12H,5H2. The lowest BCUT2D eigenvalue weighted by atomic mass is 10.2. The average molecular weight is 186 g/mol. The van der Waals surface area contributed by atoms with Crippen molar-refractivity contribution in [3.05, 3.63) is 40.2 Å². The van der Waals surface area contributed by atoms with Gasteiger partial charge < -0.3 is 10.4 Å². The van der Waals surface area contributed by atoms with E-state index in [1.165, 1.54) is 24.3 Å². The van der Waals surface area contributed by atoms with Crippen molar-refractivity contribution in [2.75, 3.05) is 0 Å². The lowest BCUT2D eigenvalue weighted by Crippen LogP contribution is -3.03. The van der Waals surface area contributed by atoms with Crippen molar-refractivity contribution < 1.29 is 20.9 Å². The van der Waals surface area contributed by atoms with Crippen molar-refractivity contribution in [2.45, 2.75) is 6.54 Å². The number of hydrogen-bond acceptors (Lipinski definition) is 4. The van der Waals surface area contributed by atoms with Gasteiger partial charge in [0, 0.05) is 17.7 Å². The van der Waals surface area contributed by atoms with Crippen LogP contribution in [0.5, 0.6) is 0 Å². The average Bonchev–Trinajstić information content (AvgIpc) is 2.04. The number of benzene rings is 1. The van der Waals surface area contributed by atoms with Crippen molar-refractivity contribution in [1.29, 1.82) is 0 Å². The van der Waals surface area contributed by atoms with E-state index in [-0.39, 0.29) is 12.2 Å². The molecular formula is C7H10N2O4. The van der Waals surface area contributed by atoms with E-state index in [1.54, 1.807) is 0 Å². The summed E-state index contributed by atoms with van der Waals surface area (Å²) in [7, 11) is 0. The second kappa shape index (κ2) is 4.28. The van der Waals surface area contributed by atoms with Gasteiger partial charge in [-0.2, -0.15) is 5.23 Å². The lowest BCUT2D eigenvalue weighted by Gasteiger charge is -2.13. The molecule has 0 radical (unpaired) electrons. The molecule has 0 aliphatic rings. The van der Waals surface area contributed by atoms with Gasteiger partial charge in [0.05, 0.1) is 0 Å². The van der Waals surface area contributed by atoms with E-state index >= 15 is 0 Å². The van der Waals surface area contributed by atoms with Crippen LogP contribution in [0.2, 0.25) is 0 Å². The van der Waals surface area contributed by atoms with E-state index in [4.69, 9.17) is 10.4 Å². The minimum Gasteiger partial charge on any atom is -0.600 e. The van der Waals surface area contributed by atoms with Crippen molar-refractivity contribution in [3.8, 4) is 0 Å². The summed E-state index contributed by atoms with van der Waals surface area (Å²) in [5.41, 5.74) is 0.756. The molecule has 1 rings (SSSR count). The summed E-state index contributed by atoms with van der Waals surface area (Å²) in [6.07, 6.45) is 0. The molecule has 72 valence electrons. The number of hydrogen-bond donors (Lipinski definition) is 4. The maximum atomic E-state index is 10.4. The summed E-state index contributed by atoms with van der Waals surface area (Å²) in [5.74, 6) is 0. The molecule has 6 heteroatoms. The molecule has 0 spiro atoms. The summed E-state index contributed by atoms with van der Waals surface area (Å²) in [6.45, 7) is -0.0834. The third-order valence-corrected chi connectivity index (χ3v) is 1.56. The molecule has 6 nitrogen and oxygen atoms in total. The molecule has 0 saturated carbocycles. The first-order valence-corrected chi connectivity index (χ1v) is 3.63.